The number of amides is 3. The molecule has 2 saturated heterocycles. The third-order valence-corrected chi connectivity index (χ3v) is 5.09. The Morgan fingerprint density at radius 3 is 2.53 bits per heavy atom. The monoisotopic (exact) mass is 419 g/mol. The minimum Gasteiger partial charge on any atom is -0.467 e. The Hall–Kier alpha value is -2.81. The summed E-state index contributed by atoms with van der Waals surface area (Å²) in [7, 11) is 1.29. The molecule has 9 nitrogen and oxygen atoms in total. The van der Waals surface area contributed by atoms with Gasteiger partial charge in [0, 0.05) is 19.0 Å². The highest BCUT2D eigenvalue weighted by Crippen LogP contribution is 2.34. The van der Waals surface area contributed by atoms with Crippen LogP contribution in [0.1, 0.15) is 32.8 Å². The van der Waals surface area contributed by atoms with Crippen molar-refractivity contribution in [3.05, 3.63) is 35.9 Å². The fraction of sp³-hybridized carbons (Fsp3) is 0.571. The number of alkyl carbamates (subject to hydrolysis) is 1. The number of hydroxylamine groups is 2. The van der Waals surface area contributed by atoms with Gasteiger partial charge in [0.05, 0.1) is 13.2 Å². The van der Waals surface area contributed by atoms with Crippen molar-refractivity contribution in [2.75, 3.05) is 20.2 Å². The van der Waals surface area contributed by atoms with Crippen molar-refractivity contribution in [2.45, 2.75) is 51.5 Å². The highest BCUT2D eigenvalue weighted by Gasteiger charge is 2.52. The molecule has 2 fully saturated rings. The average Bonchev–Trinajstić information content (AvgIpc) is 2.94. The van der Waals surface area contributed by atoms with Crippen LogP contribution in [-0.2, 0) is 25.7 Å². The number of carbonyl (C=O) groups is 3. The van der Waals surface area contributed by atoms with Crippen molar-refractivity contribution >= 4 is 18.1 Å². The van der Waals surface area contributed by atoms with Crippen LogP contribution >= 0.6 is 0 Å². The summed E-state index contributed by atoms with van der Waals surface area (Å²) in [6.07, 6.45) is -0.0744. The Morgan fingerprint density at radius 2 is 1.90 bits per heavy atom. The lowest BCUT2D eigenvalue weighted by molar-refractivity contribution is -0.149. The second-order valence-electron chi connectivity index (χ2n) is 8.52. The smallest absolute Gasteiger partial charge is 0.407 e. The average molecular weight is 419 g/mol. The lowest BCUT2D eigenvalue weighted by Crippen LogP contribution is -2.54. The molecular formula is C21H29N3O6. The first-order valence-electron chi connectivity index (χ1n) is 10.0. The van der Waals surface area contributed by atoms with Gasteiger partial charge in [-0.25, -0.2) is 14.4 Å². The summed E-state index contributed by atoms with van der Waals surface area (Å²) < 4.78 is 10.2. The number of esters is 1. The summed E-state index contributed by atoms with van der Waals surface area (Å²) in [4.78, 5) is 44.7. The lowest BCUT2D eigenvalue weighted by atomic mass is 9.88. The molecule has 0 radical (unpaired) electrons. The normalized spacial score (nSPS) is 23.3. The fourth-order valence-electron chi connectivity index (χ4n) is 3.84. The zero-order valence-electron chi connectivity index (χ0n) is 17.8. The summed E-state index contributed by atoms with van der Waals surface area (Å²) >= 11 is 0. The summed E-state index contributed by atoms with van der Waals surface area (Å²) in [5, 5.41) is 4.05. The number of carbonyl (C=O) groups excluding carboxylic acids is 3. The number of ether oxygens (including phenoxy) is 2. The molecule has 0 spiro atoms. The molecule has 0 aliphatic carbocycles. The van der Waals surface area contributed by atoms with Gasteiger partial charge in [-0.2, -0.15) is 5.06 Å². The largest absolute Gasteiger partial charge is 0.467 e. The van der Waals surface area contributed by atoms with Crippen molar-refractivity contribution in [3.63, 3.8) is 0 Å². The molecule has 2 bridgehead atoms. The van der Waals surface area contributed by atoms with Crippen LogP contribution in [0.2, 0.25) is 0 Å². The van der Waals surface area contributed by atoms with Crippen LogP contribution in [0.3, 0.4) is 0 Å². The third kappa shape index (κ3) is 5.02. The molecule has 3 rings (SSSR count). The number of rotatable bonds is 6. The highest BCUT2D eigenvalue weighted by atomic mass is 16.7. The van der Waals surface area contributed by atoms with Gasteiger partial charge in [0.1, 0.15) is 18.2 Å². The number of methoxy groups -OCH3 is 1. The maximum Gasteiger partial charge on any atom is 0.407 e. The van der Waals surface area contributed by atoms with E-state index in [2.05, 4.69) is 5.32 Å². The van der Waals surface area contributed by atoms with Gasteiger partial charge in [-0.1, -0.05) is 30.3 Å². The first-order chi connectivity index (χ1) is 14.2. The molecule has 0 saturated carbocycles. The Bertz CT molecular complexity index is 779. The summed E-state index contributed by atoms with van der Waals surface area (Å²) in [6, 6.07) is 8.16. The number of nitrogens with one attached hydrogen (secondary N) is 1. The Labute approximate surface area is 176 Å². The van der Waals surface area contributed by atoms with Crippen LogP contribution in [0, 0.1) is 5.92 Å². The van der Waals surface area contributed by atoms with Crippen molar-refractivity contribution in [3.8, 4) is 0 Å². The number of hydrogen-bond donors (Lipinski definition) is 1. The van der Waals surface area contributed by atoms with Crippen LogP contribution in [0.25, 0.3) is 0 Å². The molecule has 0 aromatic heterocycles. The molecule has 2 aliphatic heterocycles. The lowest BCUT2D eigenvalue weighted by Gasteiger charge is -2.35. The van der Waals surface area contributed by atoms with Crippen LogP contribution in [0.5, 0.6) is 0 Å². The van der Waals surface area contributed by atoms with Crippen molar-refractivity contribution in [1.82, 2.24) is 15.3 Å². The maximum absolute atomic E-state index is 12.9. The molecule has 2 heterocycles. The Balaban J connectivity index is 1.68. The Morgan fingerprint density at radius 1 is 1.20 bits per heavy atom. The number of nitrogens with zero attached hydrogens (tertiary/aromatic N) is 2. The van der Waals surface area contributed by atoms with Crippen LogP contribution in [0.4, 0.5) is 9.59 Å². The molecule has 164 valence electrons. The maximum atomic E-state index is 12.9. The summed E-state index contributed by atoms with van der Waals surface area (Å²) in [5.41, 5.74) is 0.313. The molecule has 1 aromatic rings. The molecule has 1 N–H and O–H groups in total. The van der Waals surface area contributed by atoms with E-state index in [-0.39, 0.29) is 31.1 Å². The zero-order chi connectivity index (χ0) is 21.9. The number of fused-ring (bicyclic) bond motifs is 2. The van der Waals surface area contributed by atoms with E-state index in [0.717, 1.165) is 5.56 Å². The first kappa shape index (κ1) is 21.9. The summed E-state index contributed by atoms with van der Waals surface area (Å²) in [6.45, 7) is 6.13. The third-order valence-electron chi connectivity index (χ3n) is 5.09. The quantitative estimate of drug-likeness (QED) is 0.711. The number of benzene rings is 1. The van der Waals surface area contributed by atoms with Gasteiger partial charge in [-0.15, -0.1) is 0 Å². The molecular weight excluding hydrogens is 390 g/mol. The Kier molecular flexibility index (Phi) is 6.50. The van der Waals surface area contributed by atoms with Crippen LogP contribution in [0.15, 0.2) is 30.3 Å². The van der Waals surface area contributed by atoms with E-state index in [1.54, 1.807) is 20.8 Å². The molecule has 9 heteroatoms. The van der Waals surface area contributed by atoms with E-state index in [4.69, 9.17) is 14.3 Å². The van der Waals surface area contributed by atoms with Gasteiger partial charge in [-0.05, 0) is 32.8 Å². The standard InChI is InChI=1S/C21H29N3O6/c1-21(2,3)30-19(26)22-11-15-10-16-12-23(17(15)18(25)28-4)20(27)24(16)29-13-14-8-6-5-7-9-14/h5-9,15-17H,10-13H2,1-4H3,(H,22,26)/t15-,16-,17+/m1/s1. The minimum atomic E-state index is -0.793. The van der Waals surface area contributed by atoms with E-state index in [1.165, 1.54) is 17.1 Å². The van der Waals surface area contributed by atoms with Gasteiger partial charge >= 0.3 is 18.1 Å². The number of hydrogen-bond acceptors (Lipinski definition) is 6. The molecule has 0 unspecified atom stereocenters. The number of piperidine rings is 1. The van der Waals surface area contributed by atoms with Gasteiger partial charge in [0.2, 0.25) is 0 Å². The van der Waals surface area contributed by atoms with Gasteiger partial charge < -0.3 is 19.7 Å². The topological polar surface area (TPSA) is 97.4 Å². The van der Waals surface area contributed by atoms with Gasteiger partial charge in [-0.3, -0.25) is 4.84 Å². The van der Waals surface area contributed by atoms with Crippen LogP contribution < -0.4 is 5.32 Å². The SMILES string of the molecule is COC(=O)[C@@H]1[C@@H](CNC(=O)OC(C)(C)C)C[C@@H]2CN1C(=O)N2OCc1ccccc1. The molecule has 1 aromatic carbocycles. The fourth-order valence-corrected chi connectivity index (χ4v) is 3.84. The van der Waals surface area contributed by atoms with Gasteiger partial charge in [0.25, 0.3) is 0 Å². The van der Waals surface area contributed by atoms with E-state index >= 15 is 0 Å². The molecule has 3 amide bonds. The molecule has 3 atom stereocenters. The van der Waals surface area contributed by atoms with E-state index in [1.807, 2.05) is 30.3 Å². The zero-order valence-corrected chi connectivity index (χ0v) is 17.8. The van der Waals surface area contributed by atoms with E-state index < -0.39 is 23.7 Å². The molecule has 30 heavy (non-hydrogen) atoms. The predicted molar refractivity (Wildman–Crippen MR) is 107 cm³/mol. The number of urea groups is 1. The van der Waals surface area contributed by atoms with Crippen molar-refractivity contribution < 1.29 is 28.7 Å². The minimum absolute atomic E-state index is 0.182. The van der Waals surface area contributed by atoms with Crippen molar-refractivity contribution in [1.29, 1.82) is 0 Å². The first-order valence-corrected chi connectivity index (χ1v) is 10.0. The van der Waals surface area contributed by atoms with E-state index in [9.17, 15) is 14.4 Å². The van der Waals surface area contributed by atoms with E-state index in [0.29, 0.717) is 13.0 Å². The second kappa shape index (κ2) is 8.91. The predicted octanol–water partition coefficient (Wildman–Crippen LogP) is 2.31. The van der Waals surface area contributed by atoms with Gasteiger partial charge in [0.15, 0.2) is 0 Å². The van der Waals surface area contributed by atoms with Crippen molar-refractivity contribution in [2.24, 2.45) is 5.92 Å². The second-order valence-corrected chi connectivity index (χ2v) is 8.52. The molecule has 2 aliphatic rings. The highest BCUT2D eigenvalue weighted by molar-refractivity contribution is 5.86. The summed E-state index contributed by atoms with van der Waals surface area (Å²) in [5.74, 6) is -0.833. The van der Waals surface area contributed by atoms with Crippen LogP contribution in [-0.4, -0.2) is 65.9 Å².